The van der Waals surface area contributed by atoms with Gasteiger partial charge in [-0.3, -0.25) is 4.79 Å². The van der Waals surface area contributed by atoms with Crippen LogP contribution in [0.25, 0.3) is 0 Å². The van der Waals surface area contributed by atoms with E-state index >= 15 is 0 Å². The van der Waals surface area contributed by atoms with E-state index in [2.05, 4.69) is 4.90 Å². The summed E-state index contributed by atoms with van der Waals surface area (Å²) in [4.78, 5) is 14.4. The Morgan fingerprint density at radius 1 is 1.06 bits per heavy atom. The fourth-order valence-corrected chi connectivity index (χ4v) is 3.08. The molecule has 3 heteroatoms. The molecule has 0 bridgehead atoms. The third-order valence-electron chi connectivity index (χ3n) is 4.66. The standard InChI is InChI=1S/C13H21NO2/c15-12(11-1-9-16-10-2-11)14-7-5-13(3-4-13)6-8-14/h11H,1-10H2. The summed E-state index contributed by atoms with van der Waals surface area (Å²) in [5, 5.41) is 0. The number of amides is 1. The molecule has 0 unspecified atom stereocenters. The minimum Gasteiger partial charge on any atom is -0.381 e. The number of carbonyl (C=O) groups excluding carboxylic acids is 1. The average Bonchev–Trinajstić information content (AvgIpc) is 3.10. The quantitative estimate of drug-likeness (QED) is 0.678. The summed E-state index contributed by atoms with van der Waals surface area (Å²) in [6.45, 7) is 3.56. The van der Waals surface area contributed by atoms with Crippen LogP contribution in [0, 0.1) is 11.3 Å². The van der Waals surface area contributed by atoms with Crippen molar-refractivity contribution in [2.45, 2.75) is 38.5 Å². The number of carbonyl (C=O) groups is 1. The van der Waals surface area contributed by atoms with Gasteiger partial charge in [-0.1, -0.05) is 0 Å². The molecule has 2 saturated heterocycles. The lowest BCUT2D eigenvalue weighted by Crippen LogP contribution is -2.43. The number of nitrogens with zero attached hydrogens (tertiary/aromatic N) is 1. The number of ether oxygens (including phenoxy) is 1. The number of piperidine rings is 1. The zero-order chi connectivity index (χ0) is 11.0. The highest BCUT2D eigenvalue weighted by atomic mass is 16.5. The van der Waals surface area contributed by atoms with Gasteiger partial charge in [-0.25, -0.2) is 0 Å². The van der Waals surface area contributed by atoms with E-state index in [1.807, 2.05) is 0 Å². The Hall–Kier alpha value is -0.570. The molecule has 2 heterocycles. The highest BCUT2D eigenvalue weighted by Gasteiger charge is 2.45. The van der Waals surface area contributed by atoms with Gasteiger partial charge in [0, 0.05) is 32.2 Å². The Balaban J connectivity index is 1.54. The van der Waals surface area contributed by atoms with Gasteiger partial charge < -0.3 is 9.64 Å². The van der Waals surface area contributed by atoms with E-state index in [1.165, 1.54) is 25.7 Å². The van der Waals surface area contributed by atoms with Gasteiger partial charge in [-0.05, 0) is 43.9 Å². The third kappa shape index (κ3) is 1.97. The van der Waals surface area contributed by atoms with Crippen LogP contribution in [0.3, 0.4) is 0 Å². The molecular formula is C13H21NO2. The van der Waals surface area contributed by atoms with Crippen LogP contribution in [0.15, 0.2) is 0 Å². The Kier molecular flexibility index (Phi) is 2.66. The zero-order valence-electron chi connectivity index (χ0n) is 9.91. The lowest BCUT2D eigenvalue weighted by Gasteiger charge is -2.35. The molecule has 0 N–H and O–H groups in total. The molecule has 3 rings (SSSR count). The number of hydrogen-bond donors (Lipinski definition) is 0. The first-order valence-corrected chi connectivity index (χ1v) is 6.66. The van der Waals surface area contributed by atoms with Crippen LogP contribution >= 0.6 is 0 Å². The normalized spacial score (nSPS) is 29.4. The first-order chi connectivity index (χ1) is 7.79. The average molecular weight is 223 g/mol. The lowest BCUT2D eigenvalue weighted by atomic mass is 9.91. The second-order valence-corrected chi connectivity index (χ2v) is 5.71. The Morgan fingerprint density at radius 2 is 1.69 bits per heavy atom. The highest BCUT2D eigenvalue weighted by Crippen LogP contribution is 2.53. The fraction of sp³-hybridized carbons (Fsp3) is 0.923. The van der Waals surface area contributed by atoms with Crippen LogP contribution in [-0.4, -0.2) is 37.1 Å². The van der Waals surface area contributed by atoms with Crippen molar-refractivity contribution in [3.8, 4) is 0 Å². The summed E-state index contributed by atoms with van der Waals surface area (Å²) in [5.74, 6) is 0.654. The molecule has 16 heavy (non-hydrogen) atoms. The van der Waals surface area contributed by atoms with Crippen LogP contribution in [0.5, 0.6) is 0 Å². The molecule has 0 aromatic heterocycles. The maximum atomic E-state index is 12.3. The van der Waals surface area contributed by atoms with Crippen LogP contribution in [0.1, 0.15) is 38.5 Å². The molecule has 1 amide bonds. The van der Waals surface area contributed by atoms with Gasteiger partial charge in [0.25, 0.3) is 0 Å². The number of rotatable bonds is 1. The summed E-state index contributed by atoms with van der Waals surface area (Å²) in [5.41, 5.74) is 0.673. The SMILES string of the molecule is O=C(C1CCOCC1)N1CCC2(CC1)CC2. The maximum absolute atomic E-state index is 12.3. The van der Waals surface area contributed by atoms with Crippen LogP contribution in [0.4, 0.5) is 0 Å². The summed E-state index contributed by atoms with van der Waals surface area (Å²) in [6.07, 6.45) is 7.18. The second-order valence-electron chi connectivity index (χ2n) is 5.71. The first-order valence-electron chi connectivity index (χ1n) is 6.66. The minimum absolute atomic E-state index is 0.252. The van der Waals surface area contributed by atoms with Crippen LogP contribution in [0.2, 0.25) is 0 Å². The molecule has 90 valence electrons. The molecule has 0 aromatic carbocycles. The molecule has 3 nitrogen and oxygen atoms in total. The molecule has 0 atom stereocenters. The van der Waals surface area contributed by atoms with E-state index < -0.39 is 0 Å². The van der Waals surface area contributed by atoms with Crippen LogP contribution < -0.4 is 0 Å². The highest BCUT2D eigenvalue weighted by molar-refractivity contribution is 5.79. The van der Waals surface area contributed by atoms with E-state index in [-0.39, 0.29) is 5.92 Å². The largest absolute Gasteiger partial charge is 0.381 e. The lowest BCUT2D eigenvalue weighted by molar-refractivity contribution is -0.140. The smallest absolute Gasteiger partial charge is 0.225 e. The third-order valence-corrected chi connectivity index (χ3v) is 4.66. The topological polar surface area (TPSA) is 29.5 Å². The van der Waals surface area contributed by atoms with E-state index in [0.29, 0.717) is 11.3 Å². The van der Waals surface area contributed by atoms with Gasteiger partial charge in [0.1, 0.15) is 0 Å². The molecule has 0 radical (unpaired) electrons. The summed E-state index contributed by atoms with van der Waals surface area (Å²) in [7, 11) is 0. The molecule has 3 aliphatic rings. The number of hydrogen-bond acceptors (Lipinski definition) is 2. The summed E-state index contributed by atoms with van der Waals surface area (Å²) < 4.78 is 5.31. The summed E-state index contributed by atoms with van der Waals surface area (Å²) >= 11 is 0. The minimum atomic E-state index is 0.252. The van der Waals surface area contributed by atoms with Crippen molar-refractivity contribution in [1.82, 2.24) is 4.90 Å². The van der Waals surface area contributed by atoms with Crippen molar-refractivity contribution < 1.29 is 9.53 Å². The van der Waals surface area contributed by atoms with Gasteiger partial charge >= 0.3 is 0 Å². The number of likely N-dealkylation sites (tertiary alicyclic amines) is 1. The predicted octanol–water partition coefficient (Wildman–Crippen LogP) is 1.82. The molecule has 1 spiro atoms. The van der Waals surface area contributed by atoms with Gasteiger partial charge in [0.15, 0.2) is 0 Å². The second kappa shape index (κ2) is 4.02. The Bertz CT molecular complexity index is 270. The van der Waals surface area contributed by atoms with E-state index in [9.17, 15) is 4.79 Å². The first kappa shape index (κ1) is 10.6. The maximum Gasteiger partial charge on any atom is 0.225 e. The zero-order valence-corrected chi connectivity index (χ0v) is 9.91. The van der Waals surface area contributed by atoms with Gasteiger partial charge in [0.05, 0.1) is 0 Å². The van der Waals surface area contributed by atoms with E-state index in [0.717, 1.165) is 39.1 Å². The molecular weight excluding hydrogens is 202 g/mol. The van der Waals surface area contributed by atoms with Gasteiger partial charge in [-0.15, -0.1) is 0 Å². The molecule has 2 aliphatic heterocycles. The monoisotopic (exact) mass is 223 g/mol. The predicted molar refractivity (Wildman–Crippen MR) is 61.0 cm³/mol. The van der Waals surface area contributed by atoms with Crippen molar-refractivity contribution in [2.24, 2.45) is 11.3 Å². The molecule has 0 aromatic rings. The van der Waals surface area contributed by atoms with Crippen LogP contribution in [-0.2, 0) is 9.53 Å². The van der Waals surface area contributed by atoms with E-state index in [4.69, 9.17) is 4.74 Å². The Labute approximate surface area is 97.1 Å². The molecule has 1 saturated carbocycles. The Morgan fingerprint density at radius 3 is 2.25 bits per heavy atom. The van der Waals surface area contributed by atoms with Crippen molar-refractivity contribution in [2.75, 3.05) is 26.3 Å². The van der Waals surface area contributed by atoms with E-state index in [1.54, 1.807) is 0 Å². The van der Waals surface area contributed by atoms with Crippen molar-refractivity contribution in [3.63, 3.8) is 0 Å². The summed E-state index contributed by atoms with van der Waals surface area (Å²) in [6, 6.07) is 0. The van der Waals surface area contributed by atoms with Gasteiger partial charge in [-0.2, -0.15) is 0 Å². The fourth-order valence-electron chi connectivity index (χ4n) is 3.08. The van der Waals surface area contributed by atoms with Crippen molar-refractivity contribution >= 4 is 5.91 Å². The molecule has 3 fully saturated rings. The molecule has 1 aliphatic carbocycles. The van der Waals surface area contributed by atoms with Crippen molar-refractivity contribution in [3.05, 3.63) is 0 Å². The van der Waals surface area contributed by atoms with Crippen molar-refractivity contribution in [1.29, 1.82) is 0 Å². The van der Waals surface area contributed by atoms with Gasteiger partial charge in [0.2, 0.25) is 5.91 Å².